The van der Waals surface area contributed by atoms with E-state index in [9.17, 15) is 41.4 Å². The molecule has 0 spiro atoms. The number of carbonyl (C=O) groups excluding carboxylic acids is 3. The Kier molecular flexibility index (Phi) is 7.58. The van der Waals surface area contributed by atoms with Gasteiger partial charge in [-0.15, -0.1) is 0 Å². The number of rotatable bonds is 7. The van der Waals surface area contributed by atoms with E-state index in [-0.39, 0.29) is 12.0 Å². The first-order chi connectivity index (χ1) is 18.5. The number of fused-ring (bicyclic) bond motifs is 5. The van der Waals surface area contributed by atoms with E-state index in [1.807, 2.05) is 0 Å². The molecule has 15 heteroatoms. The summed E-state index contributed by atoms with van der Waals surface area (Å²) >= 11 is 0. The van der Waals surface area contributed by atoms with Crippen molar-refractivity contribution in [3.63, 3.8) is 0 Å². The van der Waals surface area contributed by atoms with Gasteiger partial charge in [-0.2, -0.15) is 16.8 Å². The number of carbonyl (C=O) groups is 3. The third kappa shape index (κ3) is 4.72. The second-order valence-electron chi connectivity index (χ2n) is 12.2. The number of hydrogen-bond acceptors (Lipinski definition) is 12. The molecular formula is C26H35FO12S2. The van der Waals surface area contributed by atoms with Gasteiger partial charge in [0, 0.05) is 23.7 Å². The molecule has 0 radical (unpaired) electrons. The van der Waals surface area contributed by atoms with Gasteiger partial charge >= 0.3 is 5.97 Å². The van der Waals surface area contributed by atoms with E-state index in [0.717, 1.165) is 19.1 Å². The lowest BCUT2D eigenvalue weighted by atomic mass is 9.43. The summed E-state index contributed by atoms with van der Waals surface area (Å²) in [5.74, 6) is -5.96. The van der Waals surface area contributed by atoms with Crippen LogP contribution in [0.3, 0.4) is 0 Å². The Morgan fingerprint density at radius 2 is 1.71 bits per heavy atom. The van der Waals surface area contributed by atoms with Crippen molar-refractivity contribution in [1.29, 1.82) is 0 Å². The normalized spacial score (nSPS) is 43.9. The third-order valence-electron chi connectivity index (χ3n) is 9.66. The molecule has 0 aromatic carbocycles. The molecule has 0 aromatic rings. The largest absolute Gasteiger partial charge is 0.458 e. The quantitative estimate of drug-likeness (QED) is 0.294. The number of hydrogen-bond donors (Lipinski definition) is 2. The summed E-state index contributed by atoms with van der Waals surface area (Å²) in [6.45, 7) is 4.60. The van der Waals surface area contributed by atoms with E-state index < -0.39 is 109 Å². The molecule has 41 heavy (non-hydrogen) atoms. The van der Waals surface area contributed by atoms with Crippen molar-refractivity contribution in [2.45, 2.75) is 70.1 Å². The molecule has 0 heterocycles. The number of Topliss-reactive ketones (excluding diaryl/α,β-unsaturated/α-hetero) is 1. The summed E-state index contributed by atoms with van der Waals surface area (Å²) in [5.41, 5.74) is -8.78. The van der Waals surface area contributed by atoms with Crippen LogP contribution in [0, 0.1) is 28.6 Å². The molecule has 4 rings (SSSR count). The fourth-order valence-electron chi connectivity index (χ4n) is 8.00. The van der Waals surface area contributed by atoms with Crippen molar-refractivity contribution >= 4 is 37.8 Å². The van der Waals surface area contributed by atoms with E-state index in [0.29, 0.717) is 12.5 Å². The highest BCUT2D eigenvalue weighted by Crippen LogP contribution is 2.71. The Labute approximate surface area is 238 Å². The zero-order valence-electron chi connectivity index (χ0n) is 23.5. The Morgan fingerprint density at radius 1 is 1.12 bits per heavy atom. The fraction of sp³-hybridized carbons (Fsp3) is 0.731. The second kappa shape index (κ2) is 9.74. The molecule has 230 valence electrons. The first-order valence-corrected chi connectivity index (χ1v) is 16.6. The van der Waals surface area contributed by atoms with Crippen molar-refractivity contribution in [2.75, 3.05) is 19.1 Å². The molecule has 0 bridgehead atoms. The molecule has 0 aliphatic heterocycles. The maximum atomic E-state index is 18.0. The lowest BCUT2D eigenvalue weighted by molar-refractivity contribution is -0.246. The number of esters is 1. The average Bonchev–Trinajstić information content (AvgIpc) is 3.01. The lowest BCUT2D eigenvalue weighted by Crippen LogP contribution is -2.75. The topological polar surface area (TPSA) is 188 Å². The van der Waals surface area contributed by atoms with Crippen molar-refractivity contribution in [3.8, 4) is 0 Å². The molecule has 4 aliphatic carbocycles. The fourth-order valence-corrected chi connectivity index (χ4v) is 9.21. The Bertz CT molecular complexity index is 1450. The molecule has 0 unspecified atom stereocenters. The minimum atomic E-state index is -4.44. The van der Waals surface area contributed by atoms with Crippen LogP contribution in [0.25, 0.3) is 0 Å². The molecule has 0 amide bonds. The summed E-state index contributed by atoms with van der Waals surface area (Å²) < 4.78 is 83.4. The van der Waals surface area contributed by atoms with E-state index in [2.05, 4.69) is 0 Å². The number of ketones is 2. The molecule has 0 saturated heterocycles. The first-order valence-electron chi connectivity index (χ1n) is 13.0. The first kappa shape index (κ1) is 31.9. The Hall–Kier alpha value is -2.04. The van der Waals surface area contributed by atoms with Gasteiger partial charge in [-0.3, -0.25) is 22.7 Å². The van der Waals surface area contributed by atoms with Gasteiger partial charge in [0.1, 0.15) is 17.8 Å². The monoisotopic (exact) mass is 622 g/mol. The minimum absolute atomic E-state index is 0.0745. The molecule has 0 aromatic heterocycles. The molecule has 3 saturated carbocycles. The van der Waals surface area contributed by atoms with Crippen LogP contribution >= 0.6 is 0 Å². The number of allylic oxidation sites excluding steroid dienone is 3. The van der Waals surface area contributed by atoms with Gasteiger partial charge in [0.2, 0.25) is 5.78 Å². The number of alkyl halides is 1. The SMILES string of the molecule is CC(=O)OCC(=O)[C@@]1(O)[C@H](C)C[C@H]2[C@@H]3[C@@H](OS(C)(=O)=O)[C@@H](OS(C)(=O)=O)C4=CC(=O)C=C[C@]4(C)[C@@]3(F)[C@H](O)C[C@@]21C. The summed E-state index contributed by atoms with van der Waals surface area (Å²) in [4.78, 5) is 37.2. The van der Waals surface area contributed by atoms with Crippen molar-refractivity contribution in [2.24, 2.45) is 28.6 Å². The summed E-state index contributed by atoms with van der Waals surface area (Å²) in [6.07, 6.45) is -1.70. The lowest BCUT2D eigenvalue weighted by Gasteiger charge is -2.65. The van der Waals surface area contributed by atoms with E-state index in [1.165, 1.54) is 26.8 Å². The zero-order chi connectivity index (χ0) is 31.1. The molecule has 2 N–H and O–H groups in total. The van der Waals surface area contributed by atoms with Crippen LogP contribution in [0.1, 0.15) is 40.5 Å². The molecule has 4 aliphatic rings. The minimum Gasteiger partial charge on any atom is -0.458 e. The molecule has 10 atom stereocenters. The van der Waals surface area contributed by atoms with Crippen molar-refractivity contribution in [3.05, 3.63) is 23.8 Å². The van der Waals surface area contributed by atoms with Crippen LogP contribution in [-0.4, -0.2) is 93.3 Å². The van der Waals surface area contributed by atoms with Crippen LogP contribution < -0.4 is 0 Å². The van der Waals surface area contributed by atoms with Gasteiger partial charge in [-0.1, -0.05) is 19.9 Å². The van der Waals surface area contributed by atoms with Crippen LogP contribution in [0.15, 0.2) is 23.8 Å². The molecular weight excluding hydrogens is 587 g/mol. The Morgan fingerprint density at radius 3 is 2.24 bits per heavy atom. The van der Waals surface area contributed by atoms with E-state index in [4.69, 9.17) is 13.1 Å². The van der Waals surface area contributed by atoms with E-state index in [1.54, 1.807) is 0 Å². The maximum Gasteiger partial charge on any atom is 0.303 e. The number of halogens is 1. The third-order valence-corrected chi connectivity index (χ3v) is 10.8. The maximum absolute atomic E-state index is 18.0. The number of ether oxygens (including phenoxy) is 1. The van der Waals surface area contributed by atoms with Crippen molar-refractivity contribution in [1.82, 2.24) is 0 Å². The predicted molar refractivity (Wildman–Crippen MR) is 140 cm³/mol. The van der Waals surface area contributed by atoms with Gasteiger partial charge in [0.25, 0.3) is 20.2 Å². The van der Waals surface area contributed by atoms with Crippen molar-refractivity contribution < 1.29 is 58.9 Å². The van der Waals surface area contributed by atoms with Crippen LogP contribution in [0.2, 0.25) is 0 Å². The van der Waals surface area contributed by atoms with Crippen LogP contribution in [0.4, 0.5) is 4.39 Å². The Balaban J connectivity index is 1.99. The zero-order valence-corrected chi connectivity index (χ0v) is 25.1. The van der Waals surface area contributed by atoms with Crippen LogP contribution in [0.5, 0.6) is 0 Å². The highest BCUT2D eigenvalue weighted by Gasteiger charge is 2.79. The predicted octanol–water partition coefficient (Wildman–Crippen LogP) is 0.376. The van der Waals surface area contributed by atoms with Gasteiger partial charge < -0.3 is 14.9 Å². The van der Waals surface area contributed by atoms with Gasteiger partial charge in [-0.25, -0.2) is 4.39 Å². The van der Waals surface area contributed by atoms with E-state index >= 15 is 4.39 Å². The summed E-state index contributed by atoms with van der Waals surface area (Å²) in [7, 11) is -8.81. The molecule has 12 nitrogen and oxygen atoms in total. The number of aliphatic hydroxyl groups excluding tert-OH is 1. The van der Waals surface area contributed by atoms with Gasteiger partial charge in [-0.05, 0) is 49.3 Å². The average molecular weight is 623 g/mol. The van der Waals surface area contributed by atoms with Gasteiger partial charge in [0.05, 0.1) is 18.6 Å². The number of aliphatic hydroxyl groups is 2. The summed E-state index contributed by atoms with van der Waals surface area (Å²) in [6, 6.07) is 0. The second-order valence-corrected chi connectivity index (χ2v) is 15.4. The summed E-state index contributed by atoms with van der Waals surface area (Å²) in [5, 5.41) is 23.6. The highest BCUT2D eigenvalue weighted by molar-refractivity contribution is 7.86. The van der Waals surface area contributed by atoms with Gasteiger partial charge in [0.15, 0.2) is 18.1 Å². The molecule has 3 fully saturated rings. The highest BCUT2D eigenvalue weighted by atomic mass is 32.2. The van der Waals surface area contributed by atoms with Crippen LogP contribution in [-0.2, 0) is 47.7 Å². The standard InChI is InChI=1S/C26H35FO12S2/c1-13-9-16-20-22(39-41(6,35)36)21(38-40(5,33)34)17-10-15(29)7-8-23(17,3)25(20,27)18(30)11-24(16,4)26(13,32)19(31)12-37-14(2)28/h7-8,10,13,16,18,20-22,30,32H,9,11-12H2,1-6H3/t13-,16+,18-,20-,21+,22-,23+,24+,25-,26+/m1/s1. The smallest absolute Gasteiger partial charge is 0.303 e.